The SMILES string of the molecule is COC(=O)NC(C(=O)N1CCC[C@H]1c1ncc(-c2ccc(-c3ccc4cc(-c5cnc([C@@H]6CCCN6C(=O)[C@@H](NC(=O)OC)C(C)C)[nH]5)ccc4c3)cc2)[nH]1)c1ccccc1C.COC(=O)NC(C(=O)O)c1ccccc1C.COC(=O)N[C@H](C(=O)N1CCC[C@H]1c1ncc(-c2ccc3cc(-c4ccc(-c5cnc([C@@H]6CCCN6)[nH]5)cc4)ccc3c2)[nH]1)C(C)C.Cl.Cl.Cl. The van der Waals surface area contributed by atoms with Gasteiger partial charge in [0.05, 0.1) is 100 Å². The van der Waals surface area contributed by atoms with E-state index in [0.29, 0.717) is 37.1 Å². The van der Waals surface area contributed by atoms with Gasteiger partial charge in [-0.3, -0.25) is 14.4 Å². The van der Waals surface area contributed by atoms with Crippen LogP contribution in [0.1, 0.15) is 161 Å². The fraction of sp³-hybridized carbons (Fsp3) is 0.333. The first kappa shape index (κ1) is 95.6. The number of aliphatic carboxylic acids is 1. The fourth-order valence-corrected chi connectivity index (χ4v) is 17.0. The molecule has 8 aromatic carbocycles. The maximum absolute atomic E-state index is 14.1. The molecule has 8 atom stereocenters. The number of carboxylic acids is 1. The smallest absolute Gasteiger partial charge is 0.407 e. The van der Waals surface area contributed by atoms with Crippen LogP contribution in [0.3, 0.4) is 0 Å². The number of nitrogens with zero attached hydrogens (tertiary/aromatic N) is 7. The molecule has 4 fully saturated rings. The Morgan fingerprint density at radius 2 is 0.688 bits per heavy atom. The van der Waals surface area contributed by atoms with Crippen LogP contribution in [0, 0.1) is 25.7 Å². The van der Waals surface area contributed by atoms with Crippen LogP contribution in [0.25, 0.3) is 88.8 Å². The zero-order chi connectivity index (χ0) is 88.1. The van der Waals surface area contributed by atoms with Gasteiger partial charge in [0.1, 0.15) is 41.4 Å². The number of nitrogens with one attached hydrogen (secondary N) is 9. The minimum absolute atomic E-state index is 0. The Balaban J connectivity index is 0.000000212. The lowest BCUT2D eigenvalue weighted by Crippen LogP contribution is -2.51. The molecule has 0 bridgehead atoms. The number of aromatic amines is 4. The van der Waals surface area contributed by atoms with Gasteiger partial charge >= 0.3 is 30.3 Å². The van der Waals surface area contributed by atoms with Gasteiger partial charge in [-0.05, 0) is 185 Å². The Hall–Kier alpha value is -13.1. The van der Waals surface area contributed by atoms with E-state index >= 15 is 0 Å². The monoisotopic (exact) mass is 1800 g/mol. The fourth-order valence-electron chi connectivity index (χ4n) is 17.0. The quantitative estimate of drug-likeness (QED) is 0.0282. The summed E-state index contributed by atoms with van der Waals surface area (Å²) in [5, 5.41) is 27.4. The van der Waals surface area contributed by atoms with E-state index in [-0.39, 0.29) is 84.9 Å². The lowest BCUT2D eigenvalue weighted by Gasteiger charge is -2.30. The largest absolute Gasteiger partial charge is 0.479 e. The van der Waals surface area contributed by atoms with Crippen molar-refractivity contribution in [1.29, 1.82) is 0 Å². The molecule has 128 heavy (non-hydrogen) atoms. The number of hydrogen-bond acceptors (Lipinski definition) is 17. The molecule has 4 aromatic heterocycles. The van der Waals surface area contributed by atoms with E-state index in [1.54, 1.807) is 36.1 Å². The third-order valence-corrected chi connectivity index (χ3v) is 23.9. The predicted molar refractivity (Wildman–Crippen MR) is 497 cm³/mol. The second-order valence-electron chi connectivity index (χ2n) is 32.6. The van der Waals surface area contributed by atoms with E-state index in [4.69, 9.17) is 34.3 Å². The number of benzene rings is 8. The number of carbonyl (C=O) groups excluding carboxylic acids is 7. The molecular weight excluding hydrogens is 1690 g/mol. The number of aryl methyl sites for hydroxylation is 2. The first-order valence-electron chi connectivity index (χ1n) is 42.3. The first-order valence-corrected chi connectivity index (χ1v) is 42.3. The van der Waals surface area contributed by atoms with E-state index in [2.05, 4.69) is 178 Å². The van der Waals surface area contributed by atoms with Crippen LogP contribution < -0.4 is 26.6 Å². The molecule has 29 nitrogen and oxygen atoms in total. The summed E-state index contributed by atoms with van der Waals surface area (Å²) < 4.78 is 18.8. The average Bonchev–Trinajstić information content (AvgIpc) is 1.69. The van der Waals surface area contributed by atoms with Gasteiger partial charge in [-0.1, -0.05) is 173 Å². The molecule has 2 unspecified atom stereocenters. The highest BCUT2D eigenvalue weighted by molar-refractivity contribution is 5.94. The summed E-state index contributed by atoms with van der Waals surface area (Å²) in [6.07, 6.45) is 11.9. The topological polar surface area (TPSA) is 378 Å². The summed E-state index contributed by atoms with van der Waals surface area (Å²) in [7, 11) is 5.07. The molecule has 0 radical (unpaired) electrons. The number of carbonyl (C=O) groups is 8. The number of alkyl carbamates (subject to hydrolysis) is 4. The number of imidazole rings is 4. The van der Waals surface area contributed by atoms with Crippen molar-refractivity contribution in [3.8, 4) is 67.3 Å². The number of rotatable bonds is 22. The first-order chi connectivity index (χ1) is 60.4. The number of H-pyrrole nitrogens is 4. The van der Waals surface area contributed by atoms with Gasteiger partial charge in [0.25, 0.3) is 5.91 Å². The molecule has 4 saturated heterocycles. The van der Waals surface area contributed by atoms with Gasteiger partial charge in [0.2, 0.25) is 11.8 Å². The number of ether oxygens (including phenoxy) is 4. The summed E-state index contributed by atoms with van der Waals surface area (Å²) in [4.78, 5) is 138. The van der Waals surface area contributed by atoms with Crippen LogP contribution >= 0.6 is 37.2 Å². The van der Waals surface area contributed by atoms with Crippen molar-refractivity contribution in [2.24, 2.45) is 11.8 Å². The molecule has 8 heterocycles. The van der Waals surface area contributed by atoms with Crippen LogP contribution in [0.2, 0.25) is 0 Å². The Morgan fingerprint density at radius 3 is 1.05 bits per heavy atom. The van der Waals surface area contributed by atoms with Crippen molar-refractivity contribution in [2.75, 3.05) is 54.6 Å². The lowest BCUT2D eigenvalue weighted by molar-refractivity contribution is -0.139. The van der Waals surface area contributed by atoms with Crippen LogP contribution in [0.5, 0.6) is 0 Å². The summed E-state index contributed by atoms with van der Waals surface area (Å²) in [6.45, 7) is 14.2. The van der Waals surface area contributed by atoms with Crippen molar-refractivity contribution in [1.82, 2.24) is 81.2 Å². The van der Waals surface area contributed by atoms with Gasteiger partial charge in [-0.15, -0.1) is 37.2 Å². The van der Waals surface area contributed by atoms with Crippen molar-refractivity contribution in [2.45, 2.75) is 141 Å². The molecule has 4 aliphatic rings. The minimum Gasteiger partial charge on any atom is -0.479 e. The van der Waals surface area contributed by atoms with E-state index < -0.39 is 54.5 Å². The summed E-state index contributed by atoms with van der Waals surface area (Å²) in [5.74, 6) is 1.43. The van der Waals surface area contributed by atoms with Crippen LogP contribution in [0.15, 0.2) is 195 Å². The van der Waals surface area contributed by atoms with Gasteiger partial charge in [0, 0.05) is 30.8 Å². The molecule has 0 saturated carbocycles. The summed E-state index contributed by atoms with van der Waals surface area (Å²) in [5.41, 5.74) is 15.2. The average molecular weight is 1800 g/mol. The van der Waals surface area contributed by atoms with E-state index in [1.165, 1.54) is 34.9 Å². The molecule has 0 aliphatic carbocycles. The number of hydrogen-bond donors (Lipinski definition) is 10. The van der Waals surface area contributed by atoms with Crippen LogP contribution in [0.4, 0.5) is 19.2 Å². The van der Waals surface area contributed by atoms with E-state index in [0.717, 1.165) is 174 Å². The highest BCUT2D eigenvalue weighted by Crippen LogP contribution is 2.40. The number of amides is 7. The number of fused-ring (bicyclic) bond motifs is 2. The molecule has 672 valence electrons. The normalized spacial score (nSPS) is 16.6. The van der Waals surface area contributed by atoms with Gasteiger partial charge < -0.3 is 85.3 Å². The molecular formula is C96H109Cl3N16O13. The van der Waals surface area contributed by atoms with Gasteiger partial charge in [-0.25, -0.2) is 43.9 Å². The zero-order valence-corrected chi connectivity index (χ0v) is 75.4. The number of likely N-dealkylation sites (tertiary alicyclic amines) is 3. The zero-order valence-electron chi connectivity index (χ0n) is 72.9. The van der Waals surface area contributed by atoms with Crippen molar-refractivity contribution >= 4 is 107 Å². The Bertz CT molecular complexity index is 5890. The molecule has 32 heteroatoms. The predicted octanol–water partition coefficient (Wildman–Crippen LogP) is 17.9. The van der Waals surface area contributed by atoms with E-state index in [1.807, 2.05) is 93.5 Å². The number of aromatic nitrogens is 8. The number of halogens is 3. The standard InChI is InChI=1S/C48H52N8O6.C37H41N7O3.C11H13NO4.3ClH/c1-28(2)41(53-47(59)61-4)45(57)55-22-8-12-39(55)44-50-27-38(52-44)35-21-20-33-24-32(18-19-34(33)25-35)30-14-16-31(17-15-30)37-26-49-43(51-37)40-13-9-23-56(40)46(58)42(54-48(60)62-5)36-11-7-6-10-29(36)3;1-22(2)33(43-37(46)47-3)36(45)44-17-5-7-32(44)35-40-21-31(42-35)28-15-14-26-18-25(12-13-27(26)19-28)23-8-10-24(11-9-23)30-20-39-34(41-30)29-6-4-16-38-29;1-7-5-3-4-6-8(7)9(10(13)14)12-11(15)16-2;;;/h6-7,10-11,14-21,24-28,39-42H,8-9,12-13,22-23H2,1-5H3,(H,49,51)(H,50,52)(H,53,59)(H,54,60);8-15,18-22,29,32-33,38H,4-7,16-17H2,1-3H3,(H,39,41)(H,40,42)(H,43,46);3-6,9H,1-2H3,(H,12,15)(H,13,14);3*1H/t39-,40-,41-,42?;29-,32-,33-;;;;/m00..../s1. The highest BCUT2D eigenvalue weighted by atomic mass is 35.5. The Labute approximate surface area is 761 Å². The summed E-state index contributed by atoms with van der Waals surface area (Å²) in [6, 6.07) is 53.5. The molecule has 7 amide bonds. The van der Waals surface area contributed by atoms with Crippen LogP contribution in [-0.2, 0) is 38.1 Å². The number of methoxy groups -OCH3 is 4. The summed E-state index contributed by atoms with van der Waals surface area (Å²) >= 11 is 0. The Kier molecular flexibility index (Phi) is 32.4. The third kappa shape index (κ3) is 21.9. The van der Waals surface area contributed by atoms with Gasteiger partial charge in [-0.2, -0.15) is 0 Å². The van der Waals surface area contributed by atoms with E-state index in [9.17, 15) is 38.4 Å². The van der Waals surface area contributed by atoms with Crippen LogP contribution in [-0.4, -0.2) is 174 Å². The molecule has 10 N–H and O–H groups in total. The Morgan fingerprint density at radius 1 is 0.375 bits per heavy atom. The minimum atomic E-state index is -1.13. The number of carboxylic acid groups (broad SMARTS) is 1. The highest BCUT2D eigenvalue weighted by Gasteiger charge is 2.41. The second kappa shape index (κ2) is 43.4. The van der Waals surface area contributed by atoms with Crippen molar-refractivity contribution in [3.05, 3.63) is 240 Å². The second-order valence-corrected chi connectivity index (χ2v) is 32.6. The molecule has 12 aromatic rings. The molecule has 4 aliphatic heterocycles. The van der Waals surface area contributed by atoms with Crippen molar-refractivity contribution < 1.29 is 62.4 Å². The van der Waals surface area contributed by atoms with Gasteiger partial charge in [0.15, 0.2) is 6.04 Å². The maximum Gasteiger partial charge on any atom is 0.407 e. The lowest BCUT2D eigenvalue weighted by atomic mass is 9.98. The molecule has 16 rings (SSSR count). The molecule has 0 spiro atoms. The van der Waals surface area contributed by atoms with Crippen molar-refractivity contribution in [3.63, 3.8) is 0 Å². The third-order valence-electron chi connectivity index (χ3n) is 23.9. The maximum atomic E-state index is 14.1.